The van der Waals surface area contributed by atoms with Crippen LogP contribution >= 0.6 is 0 Å². The van der Waals surface area contributed by atoms with Crippen LogP contribution in [0, 0.1) is 13.8 Å². The zero-order valence-electron chi connectivity index (χ0n) is 11.0. The van der Waals surface area contributed by atoms with E-state index in [1.165, 1.54) is 0 Å². The first-order valence-electron chi connectivity index (χ1n) is 5.76. The Labute approximate surface area is 110 Å². The van der Waals surface area contributed by atoms with E-state index in [1.807, 2.05) is 32.0 Å². The zero-order chi connectivity index (χ0) is 13.5. The van der Waals surface area contributed by atoms with Gasteiger partial charge in [-0.25, -0.2) is 0 Å². The number of carbonyl (C=O) groups excluding carboxylic acids is 1. The Kier molecular flexibility index (Phi) is 5.85. The molecule has 1 atom stereocenters. The van der Waals surface area contributed by atoms with Crippen molar-refractivity contribution in [1.82, 2.24) is 5.32 Å². The Balaban J connectivity index is 2.38. The van der Waals surface area contributed by atoms with Crippen molar-refractivity contribution in [3.63, 3.8) is 0 Å². The van der Waals surface area contributed by atoms with Gasteiger partial charge in [0, 0.05) is 29.4 Å². The summed E-state index contributed by atoms with van der Waals surface area (Å²) < 4.78 is 16.3. The van der Waals surface area contributed by atoms with E-state index in [2.05, 4.69) is 5.32 Å². The van der Waals surface area contributed by atoms with Gasteiger partial charge in [0.25, 0.3) is 5.91 Å². The molecule has 1 aromatic rings. The van der Waals surface area contributed by atoms with Gasteiger partial charge in [-0.3, -0.25) is 9.00 Å². The van der Waals surface area contributed by atoms with Crippen molar-refractivity contribution in [2.24, 2.45) is 0 Å². The van der Waals surface area contributed by atoms with Crippen molar-refractivity contribution < 1.29 is 13.7 Å². The summed E-state index contributed by atoms with van der Waals surface area (Å²) in [7, 11) is -0.884. The molecule has 0 heterocycles. The standard InChI is InChI=1S/C13H19NO3S/c1-10-4-5-11(2)12(8-10)17-9-13(15)14-6-7-18(3)16/h4-5,8H,6-7,9H2,1-3H3,(H,14,15)/t18-/m1/s1. The minimum absolute atomic E-state index is 0.0133. The van der Waals surface area contributed by atoms with E-state index in [9.17, 15) is 9.00 Å². The first-order valence-corrected chi connectivity index (χ1v) is 7.48. The van der Waals surface area contributed by atoms with Crippen LogP contribution in [-0.4, -0.2) is 35.3 Å². The van der Waals surface area contributed by atoms with E-state index in [1.54, 1.807) is 6.26 Å². The quantitative estimate of drug-likeness (QED) is 0.843. The summed E-state index contributed by atoms with van der Waals surface area (Å²) in [5, 5.41) is 2.66. The van der Waals surface area contributed by atoms with Gasteiger partial charge >= 0.3 is 0 Å². The molecule has 18 heavy (non-hydrogen) atoms. The number of hydrogen-bond donors (Lipinski definition) is 1. The molecule has 1 aromatic carbocycles. The molecule has 0 saturated carbocycles. The van der Waals surface area contributed by atoms with Crippen LogP contribution in [0.5, 0.6) is 5.75 Å². The van der Waals surface area contributed by atoms with Crippen LogP contribution in [0.4, 0.5) is 0 Å². The third kappa shape index (κ3) is 5.31. The van der Waals surface area contributed by atoms with Crippen LogP contribution in [-0.2, 0) is 15.6 Å². The summed E-state index contributed by atoms with van der Waals surface area (Å²) in [6.07, 6.45) is 1.61. The van der Waals surface area contributed by atoms with Crippen molar-refractivity contribution in [2.75, 3.05) is 25.2 Å². The Morgan fingerprint density at radius 1 is 1.39 bits per heavy atom. The van der Waals surface area contributed by atoms with Crippen molar-refractivity contribution in [1.29, 1.82) is 0 Å². The van der Waals surface area contributed by atoms with Crippen LogP contribution in [0.15, 0.2) is 18.2 Å². The molecule has 0 radical (unpaired) electrons. The highest BCUT2D eigenvalue weighted by molar-refractivity contribution is 7.84. The van der Waals surface area contributed by atoms with Crippen LogP contribution in [0.2, 0.25) is 0 Å². The summed E-state index contributed by atoms with van der Waals surface area (Å²) in [6, 6.07) is 5.87. The Morgan fingerprint density at radius 3 is 2.78 bits per heavy atom. The van der Waals surface area contributed by atoms with Gasteiger partial charge in [0.05, 0.1) is 0 Å². The SMILES string of the molecule is Cc1ccc(C)c(OCC(=O)NCC[S@@](C)=O)c1. The van der Waals surface area contributed by atoms with E-state index in [-0.39, 0.29) is 12.5 Å². The van der Waals surface area contributed by atoms with Crippen LogP contribution in [0.3, 0.4) is 0 Å². The van der Waals surface area contributed by atoms with E-state index in [0.29, 0.717) is 12.3 Å². The lowest BCUT2D eigenvalue weighted by Gasteiger charge is -2.10. The maximum absolute atomic E-state index is 11.5. The van der Waals surface area contributed by atoms with Gasteiger partial charge in [-0.1, -0.05) is 12.1 Å². The first kappa shape index (κ1) is 14.7. The molecule has 0 unspecified atom stereocenters. The molecule has 0 spiro atoms. The minimum Gasteiger partial charge on any atom is -0.483 e. The predicted molar refractivity (Wildman–Crippen MR) is 73.4 cm³/mol. The molecule has 0 aromatic heterocycles. The molecule has 100 valence electrons. The van der Waals surface area contributed by atoms with E-state index >= 15 is 0 Å². The number of hydrogen-bond acceptors (Lipinski definition) is 3. The Hall–Kier alpha value is -1.36. The van der Waals surface area contributed by atoms with Crippen molar-refractivity contribution >= 4 is 16.7 Å². The third-order valence-electron chi connectivity index (χ3n) is 2.41. The molecule has 1 amide bonds. The maximum atomic E-state index is 11.5. The average Bonchev–Trinajstić information content (AvgIpc) is 2.30. The lowest BCUT2D eigenvalue weighted by Crippen LogP contribution is -2.31. The number of nitrogens with one attached hydrogen (secondary N) is 1. The molecule has 0 fully saturated rings. The summed E-state index contributed by atoms with van der Waals surface area (Å²) in [4.78, 5) is 11.5. The summed E-state index contributed by atoms with van der Waals surface area (Å²) in [5.74, 6) is 1.00. The molecule has 0 aliphatic carbocycles. The van der Waals surface area contributed by atoms with Gasteiger partial charge in [-0.2, -0.15) is 0 Å². The van der Waals surface area contributed by atoms with Crippen LogP contribution in [0.1, 0.15) is 11.1 Å². The van der Waals surface area contributed by atoms with E-state index in [0.717, 1.165) is 16.9 Å². The largest absolute Gasteiger partial charge is 0.483 e. The molecule has 1 N–H and O–H groups in total. The molecule has 0 aliphatic rings. The fraction of sp³-hybridized carbons (Fsp3) is 0.462. The lowest BCUT2D eigenvalue weighted by molar-refractivity contribution is -0.122. The molecule has 0 aliphatic heterocycles. The van der Waals surface area contributed by atoms with Gasteiger partial charge in [0.2, 0.25) is 0 Å². The maximum Gasteiger partial charge on any atom is 0.257 e. The second-order valence-corrected chi connectivity index (χ2v) is 5.74. The monoisotopic (exact) mass is 269 g/mol. The van der Waals surface area contributed by atoms with Gasteiger partial charge in [0.1, 0.15) is 5.75 Å². The Morgan fingerprint density at radius 2 is 2.11 bits per heavy atom. The van der Waals surface area contributed by atoms with Gasteiger partial charge in [-0.15, -0.1) is 0 Å². The Bertz CT molecular complexity index is 446. The number of aryl methyl sites for hydroxylation is 2. The average molecular weight is 269 g/mol. The highest BCUT2D eigenvalue weighted by Crippen LogP contribution is 2.18. The van der Waals surface area contributed by atoms with Gasteiger partial charge < -0.3 is 10.1 Å². The molecular weight excluding hydrogens is 250 g/mol. The molecule has 1 rings (SSSR count). The highest BCUT2D eigenvalue weighted by Gasteiger charge is 2.05. The molecule has 4 nitrogen and oxygen atoms in total. The predicted octanol–water partition coefficient (Wildman–Crippen LogP) is 1.18. The van der Waals surface area contributed by atoms with E-state index in [4.69, 9.17) is 4.74 Å². The number of benzene rings is 1. The normalized spacial score (nSPS) is 11.9. The number of amides is 1. The fourth-order valence-corrected chi connectivity index (χ4v) is 1.78. The van der Waals surface area contributed by atoms with Crippen molar-refractivity contribution in [3.8, 4) is 5.75 Å². The lowest BCUT2D eigenvalue weighted by atomic mass is 10.1. The second-order valence-electron chi connectivity index (χ2n) is 4.18. The number of rotatable bonds is 6. The van der Waals surface area contributed by atoms with Crippen molar-refractivity contribution in [2.45, 2.75) is 13.8 Å². The summed E-state index contributed by atoms with van der Waals surface area (Å²) in [5.41, 5.74) is 2.10. The minimum atomic E-state index is -0.884. The topological polar surface area (TPSA) is 55.4 Å². The molecular formula is C13H19NO3S. The van der Waals surface area contributed by atoms with Crippen LogP contribution in [0.25, 0.3) is 0 Å². The summed E-state index contributed by atoms with van der Waals surface area (Å²) >= 11 is 0. The molecule has 0 saturated heterocycles. The van der Waals surface area contributed by atoms with E-state index < -0.39 is 10.8 Å². The highest BCUT2D eigenvalue weighted by atomic mass is 32.2. The van der Waals surface area contributed by atoms with Gasteiger partial charge in [-0.05, 0) is 31.0 Å². The van der Waals surface area contributed by atoms with Crippen LogP contribution < -0.4 is 10.1 Å². The second kappa shape index (κ2) is 7.16. The van der Waals surface area contributed by atoms with Gasteiger partial charge in [0.15, 0.2) is 6.61 Å². The molecule has 5 heteroatoms. The zero-order valence-corrected chi connectivity index (χ0v) is 11.8. The third-order valence-corrected chi connectivity index (χ3v) is 3.19. The summed E-state index contributed by atoms with van der Waals surface area (Å²) in [6.45, 7) is 4.31. The number of carbonyl (C=O) groups is 1. The molecule has 0 bridgehead atoms. The first-order chi connectivity index (χ1) is 8.49. The fourth-order valence-electron chi connectivity index (χ4n) is 1.39. The van der Waals surface area contributed by atoms with Crippen molar-refractivity contribution in [3.05, 3.63) is 29.3 Å². The number of ether oxygens (including phenoxy) is 1. The smallest absolute Gasteiger partial charge is 0.257 e.